The van der Waals surface area contributed by atoms with Crippen molar-refractivity contribution in [2.24, 2.45) is 0 Å². The van der Waals surface area contributed by atoms with E-state index in [0.717, 1.165) is 18.8 Å². The van der Waals surface area contributed by atoms with Gasteiger partial charge in [0.1, 0.15) is 11.5 Å². The minimum absolute atomic E-state index is 0.336. The van der Waals surface area contributed by atoms with Crippen LogP contribution in [0, 0.1) is 0 Å². The Labute approximate surface area is 180 Å². The van der Waals surface area contributed by atoms with E-state index < -0.39 is 0 Å². The first-order valence-corrected chi connectivity index (χ1v) is 10.3. The summed E-state index contributed by atoms with van der Waals surface area (Å²) in [7, 11) is 0. The van der Waals surface area contributed by atoms with Crippen LogP contribution in [0.15, 0.2) is 30.3 Å². The lowest BCUT2D eigenvalue weighted by Gasteiger charge is -2.31. The maximum atomic E-state index is 12.8. The molecule has 0 atom stereocenters. The summed E-state index contributed by atoms with van der Waals surface area (Å²) in [5.41, 5.74) is 1.80. The monoisotopic (exact) mass is 438 g/mol. The van der Waals surface area contributed by atoms with E-state index in [9.17, 15) is 4.79 Å². The molecular formula is C21H24Cl2N2O4. The SMILES string of the molecule is CCOc1cc(N2CCOCC2)c(OCC)cc1NC(=O)c1cc(Cl)cc(Cl)c1. The molecular weight excluding hydrogens is 415 g/mol. The summed E-state index contributed by atoms with van der Waals surface area (Å²) in [4.78, 5) is 15.0. The highest BCUT2D eigenvalue weighted by Crippen LogP contribution is 2.39. The van der Waals surface area contributed by atoms with Crippen LogP contribution in [-0.2, 0) is 4.74 Å². The molecule has 29 heavy (non-hydrogen) atoms. The number of nitrogens with one attached hydrogen (secondary N) is 1. The number of rotatable bonds is 7. The number of hydrogen-bond donors (Lipinski definition) is 1. The average molecular weight is 439 g/mol. The van der Waals surface area contributed by atoms with Crippen LogP contribution in [0.2, 0.25) is 10.0 Å². The van der Waals surface area contributed by atoms with Crippen LogP contribution < -0.4 is 19.7 Å². The molecule has 1 N–H and O–H groups in total. The fourth-order valence-corrected chi connectivity index (χ4v) is 3.65. The van der Waals surface area contributed by atoms with Crippen LogP contribution in [0.1, 0.15) is 24.2 Å². The predicted octanol–water partition coefficient (Wildman–Crippen LogP) is 4.88. The Morgan fingerprint density at radius 1 is 1.00 bits per heavy atom. The fraction of sp³-hybridized carbons (Fsp3) is 0.381. The number of hydrogen-bond acceptors (Lipinski definition) is 5. The molecule has 2 aromatic rings. The number of nitrogens with zero attached hydrogens (tertiary/aromatic N) is 1. The van der Waals surface area contributed by atoms with E-state index in [1.165, 1.54) is 0 Å². The number of benzene rings is 2. The van der Waals surface area contributed by atoms with Crippen LogP contribution in [0.25, 0.3) is 0 Å². The topological polar surface area (TPSA) is 60.0 Å². The van der Waals surface area contributed by atoms with Crippen LogP contribution in [0.5, 0.6) is 11.5 Å². The first-order chi connectivity index (χ1) is 14.0. The van der Waals surface area contributed by atoms with Crippen LogP contribution in [0.4, 0.5) is 11.4 Å². The second-order valence-electron chi connectivity index (χ2n) is 6.39. The molecule has 1 heterocycles. The molecule has 0 aromatic heterocycles. The lowest BCUT2D eigenvalue weighted by Crippen LogP contribution is -2.36. The van der Waals surface area contributed by atoms with E-state index in [4.69, 9.17) is 37.4 Å². The van der Waals surface area contributed by atoms with E-state index in [0.29, 0.717) is 59.2 Å². The zero-order valence-electron chi connectivity index (χ0n) is 16.5. The third kappa shape index (κ3) is 5.47. The maximum Gasteiger partial charge on any atom is 0.255 e. The Morgan fingerprint density at radius 2 is 1.62 bits per heavy atom. The number of carbonyl (C=O) groups is 1. The largest absolute Gasteiger partial charge is 0.492 e. The van der Waals surface area contributed by atoms with Crippen molar-refractivity contribution in [2.75, 3.05) is 49.7 Å². The zero-order valence-corrected chi connectivity index (χ0v) is 18.0. The van der Waals surface area contributed by atoms with E-state index in [1.807, 2.05) is 19.9 Å². The summed E-state index contributed by atoms with van der Waals surface area (Å²) in [6.45, 7) is 7.62. The van der Waals surface area contributed by atoms with Crippen molar-refractivity contribution in [3.05, 3.63) is 45.9 Å². The van der Waals surface area contributed by atoms with Crippen LogP contribution in [0.3, 0.4) is 0 Å². The van der Waals surface area contributed by atoms with Crippen molar-refractivity contribution in [3.8, 4) is 11.5 Å². The third-order valence-corrected chi connectivity index (χ3v) is 4.82. The summed E-state index contributed by atoms with van der Waals surface area (Å²) in [6, 6.07) is 8.41. The molecule has 0 bridgehead atoms. The van der Waals surface area contributed by atoms with Crippen molar-refractivity contribution < 1.29 is 19.0 Å². The summed E-state index contributed by atoms with van der Waals surface area (Å²) < 4.78 is 17.1. The minimum Gasteiger partial charge on any atom is -0.492 e. The van der Waals surface area contributed by atoms with Gasteiger partial charge in [-0.25, -0.2) is 0 Å². The van der Waals surface area contributed by atoms with E-state index in [-0.39, 0.29) is 5.91 Å². The van der Waals surface area contributed by atoms with Crippen molar-refractivity contribution in [1.29, 1.82) is 0 Å². The second kappa shape index (κ2) is 10.1. The molecule has 1 aliphatic heterocycles. The van der Waals surface area contributed by atoms with Gasteiger partial charge in [0.15, 0.2) is 0 Å². The number of anilines is 2. The zero-order chi connectivity index (χ0) is 20.8. The summed E-state index contributed by atoms with van der Waals surface area (Å²) >= 11 is 12.1. The number of ether oxygens (including phenoxy) is 3. The normalized spacial score (nSPS) is 13.9. The molecule has 0 spiro atoms. The molecule has 2 aromatic carbocycles. The molecule has 1 amide bonds. The summed E-state index contributed by atoms with van der Waals surface area (Å²) in [5.74, 6) is 0.910. The Kier molecular flexibility index (Phi) is 7.47. The van der Waals surface area contributed by atoms with Gasteiger partial charge in [-0.3, -0.25) is 4.79 Å². The Bertz CT molecular complexity index is 850. The second-order valence-corrected chi connectivity index (χ2v) is 7.27. The highest BCUT2D eigenvalue weighted by Gasteiger charge is 2.21. The molecule has 0 radical (unpaired) electrons. The van der Waals surface area contributed by atoms with Gasteiger partial charge in [0.25, 0.3) is 5.91 Å². The first kappa shape index (κ1) is 21.6. The molecule has 6 nitrogen and oxygen atoms in total. The number of amides is 1. The van der Waals surface area contributed by atoms with Crippen LogP contribution >= 0.6 is 23.2 Å². The van der Waals surface area contributed by atoms with Gasteiger partial charge in [-0.1, -0.05) is 23.2 Å². The third-order valence-electron chi connectivity index (χ3n) is 4.39. The van der Waals surface area contributed by atoms with E-state index in [1.54, 1.807) is 24.3 Å². The first-order valence-electron chi connectivity index (χ1n) is 9.55. The van der Waals surface area contributed by atoms with Gasteiger partial charge in [-0.2, -0.15) is 0 Å². The molecule has 3 rings (SSSR count). The Balaban J connectivity index is 1.95. The predicted molar refractivity (Wildman–Crippen MR) is 116 cm³/mol. The number of halogens is 2. The lowest BCUT2D eigenvalue weighted by molar-refractivity contribution is 0.102. The number of morpholine rings is 1. The molecule has 0 saturated carbocycles. The Morgan fingerprint density at radius 3 is 2.24 bits per heavy atom. The highest BCUT2D eigenvalue weighted by atomic mass is 35.5. The molecule has 1 aliphatic rings. The molecule has 0 unspecified atom stereocenters. The average Bonchev–Trinajstić information content (AvgIpc) is 2.70. The van der Waals surface area contributed by atoms with Crippen LogP contribution in [-0.4, -0.2) is 45.4 Å². The Hall–Kier alpha value is -2.15. The summed E-state index contributed by atoms with van der Waals surface area (Å²) in [6.07, 6.45) is 0. The van der Waals surface area contributed by atoms with Gasteiger partial charge in [-0.15, -0.1) is 0 Å². The van der Waals surface area contributed by atoms with Crippen molar-refractivity contribution in [3.63, 3.8) is 0 Å². The fourth-order valence-electron chi connectivity index (χ4n) is 3.12. The van der Waals surface area contributed by atoms with Gasteiger partial charge in [0, 0.05) is 40.8 Å². The molecule has 1 fully saturated rings. The minimum atomic E-state index is -0.336. The van der Waals surface area contributed by atoms with Gasteiger partial charge in [0.05, 0.1) is 37.8 Å². The molecule has 0 aliphatic carbocycles. The van der Waals surface area contributed by atoms with E-state index in [2.05, 4.69) is 10.2 Å². The van der Waals surface area contributed by atoms with Gasteiger partial charge >= 0.3 is 0 Å². The molecule has 8 heteroatoms. The van der Waals surface area contributed by atoms with Crippen molar-refractivity contribution in [1.82, 2.24) is 0 Å². The molecule has 1 saturated heterocycles. The number of carbonyl (C=O) groups excluding carboxylic acids is 1. The van der Waals surface area contributed by atoms with E-state index >= 15 is 0 Å². The summed E-state index contributed by atoms with van der Waals surface area (Å²) in [5, 5.41) is 3.68. The maximum absolute atomic E-state index is 12.8. The van der Waals surface area contributed by atoms with Crippen molar-refractivity contribution >= 4 is 40.5 Å². The lowest BCUT2D eigenvalue weighted by atomic mass is 10.1. The molecule has 156 valence electrons. The standard InChI is InChI=1S/C21H24Cl2N2O4/c1-3-28-19-13-18(25-5-7-27-8-6-25)20(29-4-2)12-17(19)24-21(26)14-9-15(22)11-16(23)10-14/h9-13H,3-8H2,1-2H3,(H,24,26). The quantitative estimate of drug-likeness (QED) is 0.667. The van der Waals surface area contributed by atoms with Crippen molar-refractivity contribution in [2.45, 2.75) is 13.8 Å². The van der Waals surface area contributed by atoms with Gasteiger partial charge in [0.2, 0.25) is 0 Å². The van der Waals surface area contributed by atoms with Gasteiger partial charge in [-0.05, 0) is 32.0 Å². The smallest absolute Gasteiger partial charge is 0.255 e. The highest BCUT2D eigenvalue weighted by molar-refractivity contribution is 6.35. The van der Waals surface area contributed by atoms with Gasteiger partial charge < -0.3 is 24.4 Å².